The molecule has 1 aromatic carbocycles. The molecule has 2 fully saturated rings. The summed E-state index contributed by atoms with van der Waals surface area (Å²) >= 11 is 1.06. The Labute approximate surface area is 288 Å². The number of hydrogen-bond acceptors (Lipinski definition) is 9. The first-order chi connectivity index (χ1) is 23.3. The molecule has 2 saturated heterocycles. The Balaban J connectivity index is 1.07. The van der Waals surface area contributed by atoms with Gasteiger partial charge in [0.05, 0.1) is 11.8 Å². The van der Waals surface area contributed by atoms with Crippen molar-refractivity contribution in [3.8, 4) is 6.07 Å². The molecule has 0 spiro atoms. The highest BCUT2D eigenvalue weighted by Crippen LogP contribution is 2.33. The number of piperidine rings is 1. The topological polar surface area (TPSA) is 122 Å². The van der Waals surface area contributed by atoms with E-state index in [4.69, 9.17) is 0 Å². The van der Waals surface area contributed by atoms with Crippen molar-refractivity contribution < 1.29 is 21.6 Å². The molecule has 11 nitrogen and oxygen atoms in total. The summed E-state index contributed by atoms with van der Waals surface area (Å²) in [5.74, 6) is 0.584. The van der Waals surface area contributed by atoms with E-state index in [2.05, 4.69) is 66.4 Å². The van der Waals surface area contributed by atoms with Crippen LogP contribution in [0, 0.1) is 18.3 Å². The van der Waals surface area contributed by atoms with Gasteiger partial charge in [-0.3, -0.25) is 9.80 Å². The summed E-state index contributed by atoms with van der Waals surface area (Å²) in [4.78, 5) is 14.0. The number of aryl methyl sites for hydroxylation is 1. The average Bonchev–Trinajstić information content (AvgIpc) is 3.63. The summed E-state index contributed by atoms with van der Waals surface area (Å²) in [6.07, 6.45) is -2.09. The Morgan fingerprint density at radius 2 is 1.82 bits per heavy atom. The third-order valence-electron chi connectivity index (χ3n) is 9.67. The van der Waals surface area contributed by atoms with Gasteiger partial charge in [0, 0.05) is 86.8 Å². The Hall–Kier alpha value is -3.33. The summed E-state index contributed by atoms with van der Waals surface area (Å²) in [6, 6.07) is 10.4. The highest BCUT2D eigenvalue weighted by atomic mass is 32.2. The number of rotatable bonds is 11. The fourth-order valence-electron chi connectivity index (χ4n) is 6.99. The lowest BCUT2D eigenvalue weighted by molar-refractivity contribution is -0.126. The van der Waals surface area contributed by atoms with Crippen LogP contribution in [-0.4, -0.2) is 101 Å². The minimum atomic E-state index is -4.27. The van der Waals surface area contributed by atoms with Crippen molar-refractivity contribution in [1.29, 1.82) is 5.26 Å². The highest BCUT2D eigenvalue weighted by Gasteiger charge is 2.30. The minimum absolute atomic E-state index is 0.113. The average molecular weight is 718 g/mol. The normalized spacial score (nSPS) is 18.3. The first-order valence-electron chi connectivity index (χ1n) is 16.6. The van der Waals surface area contributed by atoms with Gasteiger partial charge in [0.15, 0.2) is 0 Å². The molecule has 6 rings (SSSR count). The van der Waals surface area contributed by atoms with Crippen molar-refractivity contribution in [3.05, 3.63) is 52.3 Å². The molecule has 5 heterocycles. The number of thiophene rings is 1. The number of likely N-dealkylation sites (tertiary alicyclic amines) is 1. The fourth-order valence-corrected chi connectivity index (χ4v) is 9.21. The number of benzene rings is 1. The molecular formula is C33H42F3N9O2S2. The Morgan fingerprint density at radius 1 is 1.08 bits per heavy atom. The van der Waals surface area contributed by atoms with Crippen LogP contribution in [0.3, 0.4) is 0 Å². The van der Waals surface area contributed by atoms with E-state index in [-0.39, 0.29) is 17.0 Å². The first kappa shape index (κ1) is 35.5. The quantitative estimate of drug-likeness (QED) is 0.226. The van der Waals surface area contributed by atoms with Crippen LogP contribution in [0.1, 0.15) is 48.4 Å². The summed E-state index contributed by atoms with van der Waals surface area (Å²) in [7, 11) is -3.45. The smallest absolute Gasteiger partial charge is 0.367 e. The zero-order chi connectivity index (χ0) is 34.9. The van der Waals surface area contributed by atoms with Gasteiger partial charge in [-0.2, -0.15) is 31.2 Å². The molecular weight excluding hydrogens is 676 g/mol. The molecule has 0 unspecified atom stereocenters. The molecule has 264 valence electrons. The number of alkyl halides is 3. The largest absolute Gasteiger partial charge is 0.393 e. The van der Waals surface area contributed by atoms with E-state index in [9.17, 15) is 26.9 Å². The third kappa shape index (κ3) is 8.03. The number of nitrogens with zero attached hydrogens (tertiary/aromatic N) is 7. The molecule has 2 N–H and O–H groups in total. The number of fused-ring (bicyclic) bond motifs is 2. The summed E-state index contributed by atoms with van der Waals surface area (Å²) in [6.45, 7) is 11.6. The van der Waals surface area contributed by atoms with Gasteiger partial charge in [-0.15, -0.1) is 11.3 Å². The van der Waals surface area contributed by atoms with E-state index in [0.717, 1.165) is 60.3 Å². The Morgan fingerprint density at radius 3 is 2.49 bits per heavy atom. The molecule has 0 radical (unpaired) electrons. The third-order valence-corrected chi connectivity index (χ3v) is 12.4. The molecule has 4 aromatic rings. The number of piperazine rings is 1. The van der Waals surface area contributed by atoms with Gasteiger partial charge in [-0.25, -0.2) is 14.7 Å². The molecule has 49 heavy (non-hydrogen) atoms. The lowest BCUT2D eigenvalue weighted by Crippen LogP contribution is -2.54. The SMILES string of the molecule is CCNS(=O)(=O)N1CCN([C@@H](C)Cn2c(C#N)cc3c(C)c(CN4CCC(Nc5ncnc6sc(CC(F)(F)F)cc56)CC4)ccc32)CC1. The summed E-state index contributed by atoms with van der Waals surface area (Å²) in [5.41, 5.74) is 3.99. The second-order valence-electron chi connectivity index (χ2n) is 13.0. The van der Waals surface area contributed by atoms with Gasteiger partial charge in [0.25, 0.3) is 10.2 Å². The number of nitrogens with one attached hydrogen (secondary N) is 2. The molecule has 0 saturated carbocycles. The van der Waals surface area contributed by atoms with Crippen molar-refractivity contribution in [3.63, 3.8) is 0 Å². The molecule has 2 aliphatic rings. The molecule has 0 aliphatic carbocycles. The van der Waals surface area contributed by atoms with Gasteiger partial charge >= 0.3 is 6.18 Å². The van der Waals surface area contributed by atoms with Gasteiger partial charge < -0.3 is 9.88 Å². The molecule has 3 aromatic heterocycles. The number of aromatic nitrogens is 3. The van der Waals surface area contributed by atoms with Crippen LogP contribution in [0.2, 0.25) is 0 Å². The van der Waals surface area contributed by atoms with Crippen LogP contribution in [0.4, 0.5) is 19.0 Å². The van der Waals surface area contributed by atoms with Gasteiger partial charge in [-0.1, -0.05) is 13.0 Å². The first-order valence-corrected chi connectivity index (χ1v) is 18.9. The summed E-state index contributed by atoms with van der Waals surface area (Å²) < 4.78 is 69.8. The second-order valence-corrected chi connectivity index (χ2v) is 15.8. The number of anilines is 1. The van der Waals surface area contributed by atoms with Gasteiger partial charge in [0.2, 0.25) is 0 Å². The Bertz CT molecular complexity index is 1940. The Kier molecular flexibility index (Phi) is 10.5. The van der Waals surface area contributed by atoms with Crippen molar-refractivity contribution >= 4 is 48.5 Å². The fraction of sp³-hybridized carbons (Fsp3) is 0.545. The summed E-state index contributed by atoms with van der Waals surface area (Å²) in [5, 5.41) is 15.2. The van der Waals surface area contributed by atoms with E-state index in [1.807, 2.05) is 6.07 Å². The van der Waals surface area contributed by atoms with Crippen LogP contribution in [0.25, 0.3) is 21.1 Å². The maximum atomic E-state index is 13.0. The number of halogens is 3. The zero-order valence-electron chi connectivity index (χ0n) is 27.9. The van der Waals surface area contributed by atoms with Gasteiger partial charge in [-0.05, 0) is 56.0 Å². The number of hydrogen-bond donors (Lipinski definition) is 2. The standard InChI is InChI=1S/C33H42F3N9O2S2/c1-4-40-49(46,47)44-13-11-43(12-14-44)22(2)19-45-26(18-37)15-28-23(3)24(5-6-30(28)45)20-42-9-7-25(8-10-42)41-31-29-16-27(17-33(34,35)36)48-32(29)39-21-38-31/h5-6,15-16,21-22,25,40H,4,7-14,17,19-20H2,1-3H3,(H,38,39,41)/t22-/m0/s1. The minimum Gasteiger partial charge on any atom is -0.367 e. The molecule has 0 amide bonds. The van der Waals surface area contributed by atoms with Gasteiger partial charge in [0.1, 0.15) is 28.7 Å². The predicted octanol–water partition coefficient (Wildman–Crippen LogP) is 4.87. The van der Waals surface area contributed by atoms with Crippen LogP contribution >= 0.6 is 11.3 Å². The van der Waals surface area contributed by atoms with E-state index in [0.29, 0.717) is 61.0 Å². The van der Waals surface area contributed by atoms with Crippen LogP contribution < -0.4 is 10.0 Å². The number of nitriles is 1. The predicted molar refractivity (Wildman–Crippen MR) is 186 cm³/mol. The highest BCUT2D eigenvalue weighted by molar-refractivity contribution is 7.87. The molecule has 16 heteroatoms. The van der Waals surface area contributed by atoms with E-state index < -0.39 is 22.8 Å². The van der Waals surface area contributed by atoms with Crippen molar-refractivity contribution in [2.45, 2.75) is 71.4 Å². The zero-order valence-corrected chi connectivity index (χ0v) is 29.6. The maximum absolute atomic E-state index is 13.0. The molecule has 2 aliphatic heterocycles. The maximum Gasteiger partial charge on any atom is 0.393 e. The molecule has 1 atom stereocenters. The van der Waals surface area contributed by atoms with E-state index in [1.54, 1.807) is 13.0 Å². The lowest BCUT2D eigenvalue weighted by atomic mass is 10.0. The van der Waals surface area contributed by atoms with E-state index in [1.165, 1.54) is 16.2 Å². The lowest BCUT2D eigenvalue weighted by Gasteiger charge is -2.37. The van der Waals surface area contributed by atoms with Crippen molar-refractivity contribution in [1.82, 2.24) is 33.4 Å². The van der Waals surface area contributed by atoms with Crippen LogP contribution in [0.15, 0.2) is 30.6 Å². The molecule has 0 bridgehead atoms. The van der Waals surface area contributed by atoms with E-state index >= 15 is 0 Å². The second kappa shape index (κ2) is 14.5. The van der Waals surface area contributed by atoms with Crippen molar-refractivity contribution in [2.24, 2.45) is 0 Å². The van der Waals surface area contributed by atoms with Crippen LogP contribution in [-0.2, 0) is 29.7 Å². The van der Waals surface area contributed by atoms with Crippen molar-refractivity contribution in [2.75, 3.05) is 51.1 Å². The van der Waals surface area contributed by atoms with Crippen LogP contribution in [0.5, 0.6) is 0 Å². The monoisotopic (exact) mass is 717 g/mol.